The lowest BCUT2D eigenvalue weighted by Gasteiger charge is -2.28. The normalized spacial score (nSPS) is 12.5. The fraction of sp³-hybridized carbons (Fsp3) is 0.222. The second-order valence-corrected chi connectivity index (χ2v) is 9.57. The summed E-state index contributed by atoms with van der Waals surface area (Å²) in [5, 5.41) is 3.57. The summed E-state index contributed by atoms with van der Waals surface area (Å²) in [7, 11) is 0. The standard InChI is InChI=1S/C27H26ClN3O2/c1-17-10-8-9-13-20(17)24(25(32)30-27(2,3)4)31-22-15-14-19(28)16-21(22)29-23(26(31)33)18-11-6-5-7-12-18/h5-16,24H,1-4H3,(H,30,32). The minimum absolute atomic E-state index is 0.264. The summed E-state index contributed by atoms with van der Waals surface area (Å²) in [4.78, 5) is 32.3. The Morgan fingerprint density at radius 2 is 1.67 bits per heavy atom. The van der Waals surface area contributed by atoms with E-state index in [2.05, 4.69) is 10.3 Å². The van der Waals surface area contributed by atoms with Crippen LogP contribution in [0.15, 0.2) is 77.6 Å². The van der Waals surface area contributed by atoms with E-state index in [4.69, 9.17) is 11.6 Å². The number of carbonyl (C=O) groups is 1. The molecular formula is C27H26ClN3O2. The summed E-state index contributed by atoms with van der Waals surface area (Å²) in [6.07, 6.45) is 0. The molecule has 168 valence electrons. The Morgan fingerprint density at radius 3 is 2.33 bits per heavy atom. The van der Waals surface area contributed by atoms with Gasteiger partial charge in [-0.1, -0.05) is 66.2 Å². The van der Waals surface area contributed by atoms with Crippen LogP contribution in [0.1, 0.15) is 37.9 Å². The van der Waals surface area contributed by atoms with Gasteiger partial charge < -0.3 is 5.32 Å². The van der Waals surface area contributed by atoms with Crippen molar-refractivity contribution < 1.29 is 4.79 Å². The minimum Gasteiger partial charge on any atom is -0.349 e. The quantitative estimate of drug-likeness (QED) is 0.436. The van der Waals surface area contributed by atoms with Crippen LogP contribution in [0.4, 0.5) is 0 Å². The van der Waals surface area contributed by atoms with Crippen molar-refractivity contribution in [3.8, 4) is 11.3 Å². The number of aryl methyl sites for hydroxylation is 1. The second-order valence-electron chi connectivity index (χ2n) is 9.13. The first kappa shape index (κ1) is 22.7. The zero-order valence-electron chi connectivity index (χ0n) is 19.1. The van der Waals surface area contributed by atoms with Gasteiger partial charge in [-0.25, -0.2) is 4.98 Å². The van der Waals surface area contributed by atoms with Gasteiger partial charge >= 0.3 is 0 Å². The maximum Gasteiger partial charge on any atom is 0.278 e. The molecule has 0 spiro atoms. The number of benzene rings is 3. The largest absolute Gasteiger partial charge is 0.349 e. The topological polar surface area (TPSA) is 64.0 Å². The van der Waals surface area contributed by atoms with Gasteiger partial charge in [0.15, 0.2) is 0 Å². The molecule has 0 fully saturated rings. The van der Waals surface area contributed by atoms with Gasteiger partial charge in [0.25, 0.3) is 5.56 Å². The number of hydrogen-bond donors (Lipinski definition) is 1. The van der Waals surface area contributed by atoms with Crippen molar-refractivity contribution >= 4 is 28.5 Å². The molecule has 33 heavy (non-hydrogen) atoms. The van der Waals surface area contributed by atoms with Gasteiger partial charge in [0.05, 0.1) is 11.0 Å². The Bertz CT molecular complexity index is 1390. The first-order valence-electron chi connectivity index (χ1n) is 10.8. The predicted octanol–water partition coefficient (Wildman–Crippen LogP) is 5.53. The predicted molar refractivity (Wildman–Crippen MR) is 134 cm³/mol. The molecule has 0 aliphatic carbocycles. The van der Waals surface area contributed by atoms with Crippen molar-refractivity contribution in [1.29, 1.82) is 0 Å². The molecule has 0 saturated heterocycles. The molecule has 6 heteroatoms. The molecule has 0 aliphatic rings. The fourth-order valence-corrected chi connectivity index (χ4v) is 4.12. The fourth-order valence-electron chi connectivity index (χ4n) is 3.95. The molecule has 0 saturated carbocycles. The average molecular weight is 460 g/mol. The van der Waals surface area contributed by atoms with Crippen molar-refractivity contribution in [3.63, 3.8) is 0 Å². The van der Waals surface area contributed by atoms with Gasteiger partial charge in [-0.3, -0.25) is 14.2 Å². The molecule has 3 aromatic carbocycles. The average Bonchev–Trinajstić information content (AvgIpc) is 2.76. The zero-order valence-corrected chi connectivity index (χ0v) is 19.9. The van der Waals surface area contributed by atoms with Crippen LogP contribution < -0.4 is 10.9 Å². The summed E-state index contributed by atoms with van der Waals surface area (Å²) in [5.41, 5.74) is 2.89. The smallest absolute Gasteiger partial charge is 0.278 e. The Kier molecular flexibility index (Phi) is 6.09. The molecule has 4 rings (SSSR count). The highest BCUT2D eigenvalue weighted by molar-refractivity contribution is 6.31. The van der Waals surface area contributed by atoms with Crippen LogP contribution in [0.25, 0.3) is 22.3 Å². The second kappa shape index (κ2) is 8.83. The lowest BCUT2D eigenvalue weighted by atomic mass is 9.98. The molecular weight excluding hydrogens is 434 g/mol. The molecule has 1 N–H and O–H groups in total. The number of nitrogens with zero attached hydrogens (tertiary/aromatic N) is 2. The minimum atomic E-state index is -0.882. The van der Waals surface area contributed by atoms with Crippen molar-refractivity contribution in [2.75, 3.05) is 0 Å². The first-order chi connectivity index (χ1) is 15.7. The van der Waals surface area contributed by atoms with Crippen LogP contribution in [0.2, 0.25) is 5.02 Å². The van der Waals surface area contributed by atoms with Crippen LogP contribution in [-0.4, -0.2) is 21.0 Å². The summed E-state index contributed by atoms with van der Waals surface area (Å²) in [6.45, 7) is 7.70. The lowest BCUT2D eigenvalue weighted by molar-refractivity contribution is -0.124. The molecule has 1 aromatic heterocycles. The number of hydrogen-bond acceptors (Lipinski definition) is 3. The molecule has 1 unspecified atom stereocenters. The number of carbonyl (C=O) groups excluding carboxylic acids is 1. The Morgan fingerprint density at radius 1 is 1.00 bits per heavy atom. The summed E-state index contributed by atoms with van der Waals surface area (Å²) in [6, 6.07) is 21.2. The summed E-state index contributed by atoms with van der Waals surface area (Å²) < 4.78 is 1.55. The SMILES string of the molecule is Cc1ccccc1C(C(=O)NC(C)(C)C)n1c(=O)c(-c2ccccc2)nc2cc(Cl)ccc21. The number of halogens is 1. The van der Waals surface area contributed by atoms with Crippen LogP contribution in [0.3, 0.4) is 0 Å². The lowest BCUT2D eigenvalue weighted by Crippen LogP contribution is -2.46. The molecule has 1 amide bonds. The van der Waals surface area contributed by atoms with Gasteiger partial charge in [0, 0.05) is 16.1 Å². The van der Waals surface area contributed by atoms with Crippen LogP contribution in [-0.2, 0) is 4.79 Å². The van der Waals surface area contributed by atoms with Gasteiger partial charge in [-0.2, -0.15) is 0 Å². The molecule has 0 aliphatic heterocycles. The number of amides is 1. The Labute approximate surface area is 198 Å². The number of aromatic nitrogens is 2. The van der Waals surface area contributed by atoms with Gasteiger partial charge in [0.2, 0.25) is 5.91 Å². The van der Waals surface area contributed by atoms with Crippen LogP contribution in [0.5, 0.6) is 0 Å². The number of rotatable bonds is 4. The van der Waals surface area contributed by atoms with Gasteiger partial charge in [-0.05, 0) is 57.0 Å². The third-order valence-corrected chi connectivity index (χ3v) is 5.62. The van der Waals surface area contributed by atoms with E-state index in [-0.39, 0.29) is 17.2 Å². The highest BCUT2D eigenvalue weighted by Crippen LogP contribution is 2.28. The van der Waals surface area contributed by atoms with Gasteiger partial charge in [0.1, 0.15) is 11.7 Å². The third-order valence-electron chi connectivity index (χ3n) is 5.39. The van der Waals surface area contributed by atoms with Crippen molar-refractivity contribution in [1.82, 2.24) is 14.9 Å². The van der Waals surface area contributed by atoms with Gasteiger partial charge in [-0.15, -0.1) is 0 Å². The molecule has 1 heterocycles. The van der Waals surface area contributed by atoms with E-state index >= 15 is 0 Å². The number of fused-ring (bicyclic) bond motifs is 1. The van der Waals surface area contributed by atoms with E-state index in [1.165, 1.54) is 0 Å². The third kappa shape index (κ3) is 4.69. The van der Waals surface area contributed by atoms with E-state index in [0.717, 1.165) is 11.1 Å². The number of nitrogens with one attached hydrogen (secondary N) is 1. The van der Waals surface area contributed by atoms with E-state index < -0.39 is 11.6 Å². The Hall–Kier alpha value is -3.44. The molecule has 1 atom stereocenters. The first-order valence-corrected chi connectivity index (χ1v) is 11.2. The monoisotopic (exact) mass is 459 g/mol. The van der Waals surface area contributed by atoms with E-state index in [1.807, 2.05) is 82.3 Å². The maximum absolute atomic E-state index is 14.0. The zero-order chi connectivity index (χ0) is 23.8. The van der Waals surface area contributed by atoms with E-state index in [1.54, 1.807) is 22.8 Å². The highest BCUT2D eigenvalue weighted by atomic mass is 35.5. The Balaban J connectivity index is 2.09. The maximum atomic E-state index is 14.0. The molecule has 4 aromatic rings. The van der Waals surface area contributed by atoms with E-state index in [0.29, 0.717) is 21.6 Å². The van der Waals surface area contributed by atoms with Crippen LogP contribution in [0, 0.1) is 6.92 Å². The molecule has 5 nitrogen and oxygen atoms in total. The summed E-state index contributed by atoms with van der Waals surface area (Å²) in [5.74, 6) is -0.264. The van der Waals surface area contributed by atoms with E-state index in [9.17, 15) is 9.59 Å². The molecule has 0 radical (unpaired) electrons. The van der Waals surface area contributed by atoms with Crippen molar-refractivity contribution in [2.45, 2.75) is 39.3 Å². The van der Waals surface area contributed by atoms with Crippen LogP contribution >= 0.6 is 11.6 Å². The van der Waals surface area contributed by atoms with Crippen molar-refractivity contribution in [2.24, 2.45) is 0 Å². The summed E-state index contributed by atoms with van der Waals surface area (Å²) >= 11 is 6.27. The van der Waals surface area contributed by atoms with Crippen molar-refractivity contribution in [3.05, 3.63) is 99.3 Å². The molecule has 0 bridgehead atoms. The highest BCUT2D eigenvalue weighted by Gasteiger charge is 2.30.